The molecule has 298 valence electrons. The Hall–Kier alpha value is -5.37. The maximum absolute atomic E-state index is 13.5. The minimum Gasteiger partial charge on any atom is -0.477 e. The second-order valence-corrected chi connectivity index (χ2v) is 16.3. The molecule has 0 unspecified atom stereocenters. The van der Waals surface area contributed by atoms with E-state index in [9.17, 15) is 26.0 Å². The molecule has 14 heteroatoms. The molecule has 0 aliphatic carbocycles. The summed E-state index contributed by atoms with van der Waals surface area (Å²) in [6.45, 7) is 13.5. The van der Waals surface area contributed by atoms with Crippen LogP contribution in [0, 0.1) is 6.08 Å². The van der Waals surface area contributed by atoms with E-state index in [0.717, 1.165) is 17.4 Å². The van der Waals surface area contributed by atoms with Gasteiger partial charge in [0, 0.05) is 12.8 Å². The van der Waals surface area contributed by atoms with Crippen LogP contribution in [0.3, 0.4) is 0 Å². The summed E-state index contributed by atoms with van der Waals surface area (Å²) < 4.78 is 89.4. The lowest BCUT2D eigenvalue weighted by Crippen LogP contribution is -2.28. The molecule has 56 heavy (non-hydrogen) atoms. The molecular formula is C42H46F4N4O5S. The quantitative estimate of drug-likeness (QED) is 0.0579. The summed E-state index contributed by atoms with van der Waals surface area (Å²) in [5, 5.41) is 1.14. The third kappa shape index (κ3) is 11.3. The highest BCUT2D eigenvalue weighted by atomic mass is 32.2. The predicted octanol–water partition coefficient (Wildman–Crippen LogP) is 10.1. The van der Waals surface area contributed by atoms with Crippen LogP contribution in [-0.4, -0.2) is 47.1 Å². The fraction of sp³-hybridized carbons (Fsp3) is 0.333. The van der Waals surface area contributed by atoms with Crippen molar-refractivity contribution in [3.8, 4) is 17.8 Å². The highest BCUT2D eigenvalue weighted by Gasteiger charge is 2.49. The maximum Gasteiger partial charge on any atom is 0.534 e. The van der Waals surface area contributed by atoms with E-state index in [1.54, 1.807) is 24.3 Å². The summed E-state index contributed by atoms with van der Waals surface area (Å²) in [5.74, 6) is 0.230. The molecule has 0 N–H and O–H groups in total. The van der Waals surface area contributed by atoms with Crippen molar-refractivity contribution < 1.29 is 39.6 Å². The summed E-state index contributed by atoms with van der Waals surface area (Å²) in [5.41, 5.74) is -0.00703. The molecule has 2 aromatic heterocycles. The van der Waals surface area contributed by atoms with Crippen molar-refractivity contribution in [1.82, 2.24) is 19.9 Å². The lowest BCUT2D eigenvalue weighted by molar-refractivity contribution is -0.0503. The number of aromatic nitrogens is 4. The van der Waals surface area contributed by atoms with Crippen LogP contribution in [0.25, 0.3) is 21.8 Å². The van der Waals surface area contributed by atoms with Gasteiger partial charge in [-0.3, -0.25) is 0 Å². The zero-order valence-corrected chi connectivity index (χ0v) is 32.1. The van der Waals surface area contributed by atoms with E-state index in [4.69, 9.17) is 9.47 Å². The number of hydrogen-bond donors (Lipinski definition) is 0. The van der Waals surface area contributed by atoms with Gasteiger partial charge in [0.1, 0.15) is 0 Å². The number of benzene rings is 4. The summed E-state index contributed by atoms with van der Waals surface area (Å²) in [4.78, 5) is 15.0. The van der Waals surface area contributed by atoms with Crippen molar-refractivity contribution >= 4 is 31.9 Å². The predicted molar refractivity (Wildman–Crippen MR) is 210 cm³/mol. The van der Waals surface area contributed by atoms with E-state index in [-0.39, 0.29) is 36.3 Å². The van der Waals surface area contributed by atoms with Crippen molar-refractivity contribution in [3.63, 3.8) is 0 Å². The number of nitrogens with zero attached hydrogens (tertiary/aromatic N) is 4. The number of fused-ring (bicyclic) bond motifs is 2. The molecule has 0 aliphatic heterocycles. The topological polar surface area (TPSA) is 113 Å². The van der Waals surface area contributed by atoms with Gasteiger partial charge in [0.25, 0.3) is 0 Å². The van der Waals surface area contributed by atoms with E-state index in [1.165, 1.54) is 22.8 Å². The van der Waals surface area contributed by atoms with Crippen molar-refractivity contribution in [1.29, 1.82) is 0 Å². The monoisotopic (exact) mass is 793 g/mol. The van der Waals surface area contributed by atoms with Crippen LogP contribution in [-0.2, 0) is 33.8 Å². The van der Waals surface area contributed by atoms with Crippen LogP contribution in [0.15, 0.2) is 97.1 Å². The van der Waals surface area contributed by atoms with Crippen molar-refractivity contribution in [3.05, 3.63) is 125 Å². The molecule has 9 nitrogen and oxygen atoms in total. The summed E-state index contributed by atoms with van der Waals surface area (Å²) in [6, 6.07) is 29.2. The second-order valence-electron chi connectivity index (χ2n) is 14.7. The van der Waals surface area contributed by atoms with Crippen LogP contribution < -0.4 is 13.7 Å². The first kappa shape index (κ1) is 43.4. The Morgan fingerprint density at radius 1 is 0.571 bits per heavy atom. The molecule has 0 atom stereocenters. The van der Waals surface area contributed by atoms with Gasteiger partial charge < -0.3 is 13.7 Å². The van der Waals surface area contributed by atoms with Gasteiger partial charge in [0.15, 0.2) is 0 Å². The zero-order chi connectivity index (χ0) is 40.0. The average molecular weight is 794 g/mol. The molecule has 0 saturated carbocycles. The molecule has 0 saturated heterocycles. The highest BCUT2D eigenvalue weighted by molar-refractivity contribution is 7.87. The number of ether oxygens (including phenoxy) is 2. The Kier molecular flexibility index (Phi) is 13.6. The lowest BCUT2D eigenvalue weighted by atomic mass is 9.86. The van der Waals surface area contributed by atoms with Gasteiger partial charge >= 0.3 is 27.7 Å². The number of rotatable bonds is 10. The van der Waals surface area contributed by atoms with Gasteiger partial charge in [-0.2, -0.15) is 40.9 Å². The van der Waals surface area contributed by atoms with E-state index in [2.05, 4.69) is 89.9 Å². The summed E-state index contributed by atoms with van der Waals surface area (Å²) in [6.07, 6.45) is 0.489. The largest absolute Gasteiger partial charge is 0.534 e. The molecule has 6 rings (SSSR count). The molecule has 0 aliphatic rings. The minimum absolute atomic E-state index is 0. The molecule has 2 heterocycles. The SMILES string of the molecule is C.CC(C)(C)c1ccc(CCOc2nc(OS(=O)(=O)C(F)(F)F)nc3ccccc23)cc1.CC(C)(C)c1ccc(CCOc2nc([18F])nc3ccccc23)cc1. The normalized spacial score (nSPS) is 12.0. The maximum atomic E-state index is 13.5. The Labute approximate surface area is 325 Å². The van der Waals surface area contributed by atoms with Gasteiger partial charge in [-0.05, 0) is 57.3 Å². The lowest BCUT2D eigenvalue weighted by Gasteiger charge is -2.19. The molecule has 0 spiro atoms. The van der Waals surface area contributed by atoms with Crippen molar-refractivity contribution in [2.75, 3.05) is 13.2 Å². The third-order valence-electron chi connectivity index (χ3n) is 8.46. The van der Waals surface area contributed by atoms with E-state index >= 15 is 0 Å². The van der Waals surface area contributed by atoms with Crippen LogP contribution in [0.5, 0.6) is 17.8 Å². The number of hydrogen-bond acceptors (Lipinski definition) is 9. The Morgan fingerprint density at radius 3 is 1.41 bits per heavy atom. The first-order chi connectivity index (χ1) is 25.8. The van der Waals surface area contributed by atoms with Gasteiger partial charge in [0.2, 0.25) is 11.8 Å². The highest BCUT2D eigenvalue weighted by Crippen LogP contribution is 2.30. The number of para-hydroxylation sites is 2. The van der Waals surface area contributed by atoms with E-state index in [1.807, 2.05) is 42.5 Å². The molecular weight excluding hydrogens is 748 g/mol. The summed E-state index contributed by atoms with van der Waals surface area (Å²) in [7, 11) is -5.90. The fourth-order valence-electron chi connectivity index (χ4n) is 5.32. The third-order valence-corrected chi connectivity index (χ3v) is 9.39. The zero-order valence-electron chi connectivity index (χ0n) is 31.3. The first-order valence-corrected chi connectivity index (χ1v) is 18.9. The molecule has 0 radical (unpaired) electrons. The molecule has 0 bridgehead atoms. The van der Waals surface area contributed by atoms with Crippen LogP contribution in [0.2, 0.25) is 0 Å². The standard InChI is InChI=1S/C21H21F3N2O4S.C20H21FN2O.CH4/c1-20(2,3)15-10-8-14(9-11-15)12-13-29-18-16-6-4-5-7-17(16)25-19(26-18)30-31(27,28)21(22,23)24;1-20(2,3)15-10-8-14(9-11-15)12-13-24-18-16-6-4-5-7-17(16)22-19(21)23-18;/h4-11H,12-13H2,1-3H3;4-11H,12-13H2,1-3H3;1H4/i;21-1;. The Morgan fingerprint density at radius 2 is 0.982 bits per heavy atom. The van der Waals surface area contributed by atoms with E-state index in [0.29, 0.717) is 29.8 Å². The molecule has 6 aromatic rings. The van der Waals surface area contributed by atoms with E-state index < -0.39 is 27.7 Å². The minimum atomic E-state index is -5.90. The molecule has 4 aromatic carbocycles. The summed E-state index contributed by atoms with van der Waals surface area (Å²) >= 11 is 0. The average Bonchev–Trinajstić information content (AvgIpc) is 3.11. The first-order valence-electron chi connectivity index (χ1n) is 17.4. The van der Waals surface area contributed by atoms with Crippen LogP contribution in [0.4, 0.5) is 17.6 Å². The number of alkyl halides is 3. The number of halogens is 4. The fourth-order valence-corrected chi connectivity index (χ4v) is 5.69. The molecule has 0 amide bonds. The van der Waals surface area contributed by atoms with Gasteiger partial charge in [-0.25, -0.2) is 4.98 Å². The smallest absolute Gasteiger partial charge is 0.477 e. The van der Waals surface area contributed by atoms with Crippen LogP contribution in [0.1, 0.15) is 71.2 Å². The Bertz CT molecular complexity index is 2340. The van der Waals surface area contributed by atoms with Gasteiger partial charge in [-0.15, -0.1) is 0 Å². The molecule has 0 fully saturated rings. The second kappa shape index (κ2) is 17.6. The van der Waals surface area contributed by atoms with Crippen LogP contribution >= 0.6 is 0 Å². The Balaban J connectivity index is 0.000000252. The van der Waals surface area contributed by atoms with Crippen molar-refractivity contribution in [2.45, 2.75) is 78.1 Å². The van der Waals surface area contributed by atoms with Crippen molar-refractivity contribution in [2.24, 2.45) is 0 Å². The van der Waals surface area contributed by atoms with Gasteiger partial charge in [0.05, 0.1) is 35.0 Å². The van der Waals surface area contributed by atoms with Gasteiger partial charge in [-0.1, -0.05) is 122 Å².